The van der Waals surface area contributed by atoms with Crippen LogP contribution in [0.25, 0.3) is 0 Å². The van der Waals surface area contributed by atoms with Crippen molar-refractivity contribution >= 4 is 22.0 Å². The fourth-order valence-corrected chi connectivity index (χ4v) is 4.06. The van der Waals surface area contributed by atoms with Gasteiger partial charge in [-0.15, -0.1) is 0 Å². The van der Waals surface area contributed by atoms with E-state index in [1.54, 1.807) is 0 Å². The van der Waals surface area contributed by atoms with Crippen LogP contribution in [0.3, 0.4) is 0 Å². The van der Waals surface area contributed by atoms with Crippen LogP contribution in [0.2, 0.25) is 0 Å². The number of carbonyl (C=O) groups excluding carboxylic acids is 2. The van der Waals surface area contributed by atoms with Crippen LogP contribution in [0.1, 0.15) is 51.4 Å². The number of carbonyl (C=O) groups is 2. The SMILES string of the molecule is CS(=O)(=O)NC[C@@H]1CCCCN1CC(=O)NC(=O)NC1CCCCC1. The van der Waals surface area contributed by atoms with Crippen molar-refractivity contribution in [2.45, 2.75) is 63.5 Å². The molecule has 0 radical (unpaired) electrons. The molecule has 1 saturated carbocycles. The molecule has 1 saturated heterocycles. The van der Waals surface area contributed by atoms with Crippen molar-refractivity contribution in [1.29, 1.82) is 0 Å². The summed E-state index contributed by atoms with van der Waals surface area (Å²) in [6, 6.07) is -0.293. The standard InChI is InChI=1S/C16H30N4O4S/c1-25(23,24)17-11-14-9-5-6-10-20(14)12-15(21)19-16(22)18-13-7-3-2-4-8-13/h13-14,17H,2-12H2,1H3,(H2,18,19,21,22)/t14-/m0/s1. The molecule has 0 aromatic heterocycles. The molecule has 9 heteroatoms. The molecule has 0 aromatic rings. The molecule has 0 unspecified atom stereocenters. The highest BCUT2D eigenvalue weighted by atomic mass is 32.2. The molecule has 2 aliphatic rings. The summed E-state index contributed by atoms with van der Waals surface area (Å²) in [6.45, 7) is 1.13. The average molecular weight is 375 g/mol. The maximum absolute atomic E-state index is 12.2. The Bertz CT molecular complexity index is 560. The Kier molecular flexibility index (Phi) is 7.64. The van der Waals surface area contributed by atoms with E-state index in [-0.39, 0.29) is 24.5 Å². The number of urea groups is 1. The van der Waals surface area contributed by atoms with Gasteiger partial charge in [-0.25, -0.2) is 17.9 Å². The lowest BCUT2D eigenvalue weighted by Crippen LogP contribution is -2.52. The monoisotopic (exact) mass is 374 g/mol. The highest BCUT2D eigenvalue weighted by Crippen LogP contribution is 2.17. The summed E-state index contributed by atoms with van der Waals surface area (Å²) in [5.74, 6) is -0.348. The van der Waals surface area contributed by atoms with E-state index < -0.39 is 16.1 Å². The Hall–Kier alpha value is -1.19. The molecule has 8 nitrogen and oxygen atoms in total. The number of sulfonamides is 1. The molecular weight excluding hydrogens is 344 g/mol. The second-order valence-corrected chi connectivity index (χ2v) is 8.93. The van der Waals surface area contributed by atoms with Gasteiger partial charge in [0.05, 0.1) is 12.8 Å². The van der Waals surface area contributed by atoms with Gasteiger partial charge in [-0.1, -0.05) is 25.7 Å². The van der Waals surface area contributed by atoms with Crippen molar-refractivity contribution in [3.05, 3.63) is 0 Å². The van der Waals surface area contributed by atoms with E-state index >= 15 is 0 Å². The van der Waals surface area contributed by atoms with Gasteiger partial charge in [-0.05, 0) is 32.2 Å². The lowest BCUT2D eigenvalue weighted by Gasteiger charge is -2.35. The Morgan fingerprint density at radius 2 is 1.72 bits per heavy atom. The predicted octanol–water partition coefficient (Wildman–Crippen LogP) is 0.549. The number of rotatable bonds is 6. The van der Waals surface area contributed by atoms with Crippen molar-refractivity contribution in [3.8, 4) is 0 Å². The van der Waals surface area contributed by atoms with Crippen LogP contribution in [0, 0.1) is 0 Å². The summed E-state index contributed by atoms with van der Waals surface area (Å²) in [5, 5.41) is 5.26. The van der Waals surface area contributed by atoms with Crippen molar-refractivity contribution in [2.24, 2.45) is 0 Å². The average Bonchev–Trinajstić information content (AvgIpc) is 2.54. The summed E-state index contributed by atoms with van der Waals surface area (Å²) in [4.78, 5) is 26.1. The second kappa shape index (κ2) is 9.49. The second-order valence-electron chi connectivity index (χ2n) is 7.10. The predicted molar refractivity (Wildman–Crippen MR) is 95.6 cm³/mol. The molecule has 0 spiro atoms. The lowest BCUT2D eigenvalue weighted by molar-refractivity contribution is -0.122. The Balaban J connectivity index is 1.77. The third kappa shape index (κ3) is 7.70. The number of likely N-dealkylation sites (tertiary alicyclic amines) is 1. The van der Waals surface area contributed by atoms with Gasteiger partial charge >= 0.3 is 6.03 Å². The zero-order valence-electron chi connectivity index (χ0n) is 14.9. The van der Waals surface area contributed by atoms with Gasteiger partial charge < -0.3 is 5.32 Å². The van der Waals surface area contributed by atoms with E-state index in [1.807, 2.05) is 4.90 Å². The molecule has 144 valence electrons. The first kappa shape index (κ1) is 20.1. The van der Waals surface area contributed by atoms with E-state index in [2.05, 4.69) is 15.4 Å². The quantitative estimate of drug-likeness (QED) is 0.629. The van der Waals surface area contributed by atoms with E-state index in [0.29, 0.717) is 6.54 Å². The van der Waals surface area contributed by atoms with Gasteiger partial charge in [0.25, 0.3) is 0 Å². The van der Waals surface area contributed by atoms with E-state index in [9.17, 15) is 18.0 Å². The number of amides is 3. The van der Waals surface area contributed by atoms with Gasteiger partial charge in [0.15, 0.2) is 0 Å². The Labute approximate surface area is 150 Å². The number of hydrogen-bond acceptors (Lipinski definition) is 5. The number of imide groups is 1. The third-order valence-electron chi connectivity index (χ3n) is 4.87. The van der Waals surface area contributed by atoms with Gasteiger partial charge in [-0.3, -0.25) is 15.0 Å². The smallest absolute Gasteiger partial charge is 0.321 e. The van der Waals surface area contributed by atoms with Crippen molar-refractivity contribution in [2.75, 3.05) is 25.9 Å². The zero-order chi connectivity index (χ0) is 18.3. The van der Waals surface area contributed by atoms with Crippen LogP contribution >= 0.6 is 0 Å². The summed E-state index contributed by atoms with van der Waals surface area (Å²) in [5.41, 5.74) is 0. The molecular formula is C16H30N4O4S. The highest BCUT2D eigenvalue weighted by molar-refractivity contribution is 7.88. The highest BCUT2D eigenvalue weighted by Gasteiger charge is 2.26. The summed E-state index contributed by atoms with van der Waals surface area (Å²) in [7, 11) is -3.25. The minimum Gasteiger partial charge on any atom is -0.335 e. The van der Waals surface area contributed by atoms with Crippen molar-refractivity contribution in [1.82, 2.24) is 20.3 Å². The van der Waals surface area contributed by atoms with Crippen molar-refractivity contribution < 1.29 is 18.0 Å². The first-order valence-corrected chi connectivity index (χ1v) is 11.0. The molecule has 1 heterocycles. The molecule has 2 rings (SSSR count). The number of nitrogens with one attached hydrogen (secondary N) is 3. The Morgan fingerprint density at radius 3 is 2.40 bits per heavy atom. The summed E-state index contributed by atoms with van der Waals surface area (Å²) < 4.78 is 25.1. The van der Waals surface area contributed by atoms with Crippen molar-refractivity contribution in [3.63, 3.8) is 0 Å². The maximum Gasteiger partial charge on any atom is 0.321 e. The summed E-state index contributed by atoms with van der Waals surface area (Å²) in [6.07, 6.45) is 9.31. The van der Waals surface area contributed by atoms with Gasteiger partial charge in [0.1, 0.15) is 0 Å². The first-order chi connectivity index (χ1) is 11.8. The molecule has 1 aliphatic heterocycles. The fourth-order valence-electron chi connectivity index (χ4n) is 3.57. The van der Waals surface area contributed by atoms with Gasteiger partial charge in [0, 0.05) is 18.6 Å². The minimum atomic E-state index is -3.25. The Morgan fingerprint density at radius 1 is 1.04 bits per heavy atom. The van der Waals surface area contributed by atoms with Gasteiger partial charge in [0.2, 0.25) is 15.9 Å². The largest absolute Gasteiger partial charge is 0.335 e. The third-order valence-corrected chi connectivity index (χ3v) is 5.56. The van der Waals surface area contributed by atoms with Crippen LogP contribution in [0.4, 0.5) is 4.79 Å². The van der Waals surface area contributed by atoms with Crippen LogP contribution in [0.15, 0.2) is 0 Å². The maximum atomic E-state index is 12.2. The van der Waals surface area contributed by atoms with E-state index in [1.165, 1.54) is 6.42 Å². The van der Waals surface area contributed by atoms with Crippen LogP contribution in [-0.2, 0) is 14.8 Å². The molecule has 2 fully saturated rings. The van der Waals surface area contributed by atoms with E-state index in [4.69, 9.17) is 0 Å². The normalized spacial score (nSPS) is 23.2. The van der Waals surface area contributed by atoms with E-state index in [0.717, 1.165) is 57.7 Å². The topological polar surface area (TPSA) is 108 Å². The molecule has 0 aromatic carbocycles. The zero-order valence-corrected chi connectivity index (χ0v) is 15.7. The molecule has 1 aliphatic carbocycles. The summed E-state index contributed by atoms with van der Waals surface area (Å²) >= 11 is 0. The first-order valence-electron chi connectivity index (χ1n) is 9.12. The minimum absolute atomic E-state index is 0.0179. The van der Waals surface area contributed by atoms with Crippen LogP contribution in [0.5, 0.6) is 0 Å². The number of hydrogen-bond donors (Lipinski definition) is 3. The number of piperidine rings is 1. The molecule has 0 bridgehead atoms. The molecule has 3 amide bonds. The number of nitrogens with zero attached hydrogens (tertiary/aromatic N) is 1. The van der Waals surface area contributed by atoms with Crippen LogP contribution < -0.4 is 15.4 Å². The van der Waals surface area contributed by atoms with Crippen LogP contribution in [-0.4, -0.2) is 63.2 Å². The van der Waals surface area contributed by atoms with Gasteiger partial charge in [-0.2, -0.15) is 0 Å². The fraction of sp³-hybridized carbons (Fsp3) is 0.875. The molecule has 3 N–H and O–H groups in total. The molecule has 25 heavy (non-hydrogen) atoms. The molecule has 1 atom stereocenters. The lowest BCUT2D eigenvalue weighted by atomic mass is 9.96.